The van der Waals surface area contributed by atoms with Crippen LogP contribution in [0.15, 0.2) is 36.4 Å². The van der Waals surface area contributed by atoms with E-state index in [1.54, 1.807) is 20.8 Å². The van der Waals surface area contributed by atoms with Crippen molar-refractivity contribution in [2.24, 2.45) is 5.73 Å². The maximum absolute atomic E-state index is 14.1. The minimum atomic E-state index is -1.31. The van der Waals surface area contributed by atoms with E-state index >= 15 is 0 Å². The van der Waals surface area contributed by atoms with Gasteiger partial charge in [-0.25, -0.2) is 4.79 Å². The molecule has 40 heavy (non-hydrogen) atoms. The van der Waals surface area contributed by atoms with Gasteiger partial charge < -0.3 is 26.0 Å². The molecule has 4 amide bonds. The zero-order valence-electron chi connectivity index (χ0n) is 25.0. The summed E-state index contributed by atoms with van der Waals surface area (Å²) in [5.74, 6) is -1.77. The third-order valence-corrected chi connectivity index (χ3v) is 6.57. The Morgan fingerprint density at radius 3 is 2.10 bits per heavy atom. The van der Waals surface area contributed by atoms with Gasteiger partial charge in [0.05, 0.1) is 6.42 Å². The minimum absolute atomic E-state index is 0.221. The van der Waals surface area contributed by atoms with Crippen LogP contribution in [0.5, 0.6) is 0 Å². The molecule has 9 nitrogen and oxygen atoms in total. The number of benzene rings is 2. The number of aryl methyl sites for hydroxylation is 4. The van der Waals surface area contributed by atoms with Gasteiger partial charge in [0.15, 0.2) is 0 Å². The summed E-state index contributed by atoms with van der Waals surface area (Å²) in [4.78, 5) is 54.2. The first-order chi connectivity index (χ1) is 18.6. The summed E-state index contributed by atoms with van der Waals surface area (Å²) in [5, 5.41) is 5.55. The van der Waals surface area contributed by atoms with E-state index < -0.39 is 47.9 Å². The Kier molecular flexibility index (Phi) is 11.3. The molecule has 0 aromatic heterocycles. The van der Waals surface area contributed by atoms with Crippen molar-refractivity contribution in [3.63, 3.8) is 0 Å². The van der Waals surface area contributed by atoms with Crippen molar-refractivity contribution in [1.82, 2.24) is 10.2 Å². The van der Waals surface area contributed by atoms with Gasteiger partial charge in [0.1, 0.15) is 17.7 Å². The molecule has 0 saturated carbocycles. The van der Waals surface area contributed by atoms with Crippen molar-refractivity contribution >= 4 is 29.5 Å². The lowest BCUT2D eigenvalue weighted by molar-refractivity contribution is -0.142. The summed E-state index contributed by atoms with van der Waals surface area (Å²) in [7, 11) is 0. The van der Waals surface area contributed by atoms with Crippen LogP contribution in [0.3, 0.4) is 0 Å². The lowest BCUT2D eigenvalue weighted by Crippen LogP contribution is -2.53. The molecule has 2 aromatic rings. The number of primary amides is 1. The summed E-state index contributed by atoms with van der Waals surface area (Å²) in [6.45, 7) is 15.0. The van der Waals surface area contributed by atoms with Crippen molar-refractivity contribution in [3.05, 3.63) is 64.2 Å². The van der Waals surface area contributed by atoms with Crippen LogP contribution in [0.2, 0.25) is 0 Å². The molecule has 0 saturated heterocycles. The fraction of sp³-hybridized carbons (Fsp3) is 0.484. The molecule has 218 valence electrons. The number of hydrogen-bond donors (Lipinski definition) is 3. The van der Waals surface area contributed by atoms with E-state index in [2.05, 4.69) is 10.6 Å². The van der Waals surface area contributed by atoms with Gasteiger partial charge in [-0.15, -0.1) is 0 Å². The molecule has 0 radical (unpaired) electrons. The lowest BCUT2D eigenvalue weighted by Gasteiger charge is -2.34. The van der Waals surface area contributed by atoms with Crippen LogP contribution in [0.25, 0.3) is 0 Å². The molecule has 9 heteroatoms. The van der Waals surface area contributed by atoms with Gasteiger partial charge in [0.2, 0.25) is 11.8 Å². The maximum Gasteiger partial charge on any atom is 0.408 e. The van der Waals surface area contributed by atoms with Crippen molar-refractivity contribution in [3.8, 4) is 0 Å². The van der Waals surface area contributed by atoms with E-state index in [0.717, 1.165) is 28.7 Å². The number of carbonyl (C=O) groups is 4. The highest BCUT2D eigenvalue weighted by atomic mass is 16.6. The maximum atomic E-state index is 14.1. The first-order valence-corrected chi connectivity index (χ1v) is 13.7. The highest BCUT2D eigenvalue weighted by Gasteiger charge is 2.37. The van der Waals surface area contributed by atoms with Crippen LogP contribution in [-0.2, 0) is 19.1 Å². The fourth-order valence-electron chi connectivity index (χ4n) is 4.36. The Labute approximate surface area is 237 Å². The van der Waals surface area contributed by atoms with Gasteiger partial charge in [-0.2, -0.15) is 0 Å². The SMILES string of the molecule is CCCCN(C(=O)C(CC(N)=O)NC(=O)OC(C)(C)C)C(C(=O)Nc1c(C)cccc1C)c1ccc(C)c(C)c1. The van der Waals surface area contributed by atoms with E-state index in [0.29, 0.717) is 17.7 Å². The van der Waals surface area contributed by atoms with E-state index in [9.17, 15) is 19.2 Å². The smallest absolute Gasteiger partial charge is 0.408 e. The average molecular weight is 553 g/mol. The summed E-state index contributed by atoms with van der Waals surface area (Å²) >= 11 is 0. The molecule has 2 unspecified atom stereocenters. The Morgan fingerprint density at radius 2 is 1.57 bits per heavy atom. The number of para-hydroxylation sites is 1. The number of nitrogens with one attached hydrogen (secondary N) is 2. The van der Waals surface area contributed by atoms with E-state index in [1.807, 2.05) is 71.0 Å². The number of alkyl carbamates (subject to hydrolysis) is 1. The summed E-state index contributed by atoms with van der Waals surface area (Å²) in [6.07, 6.45) is 0.0468. The number of nitrogens with two attached hydrogens (primary N) is 1. The quantitative estimate of drug-likeness (QED) is 0.361. The average Bonchev–Trinajstić information content (AvgIpc) is 2.83. The number of hydrogen-bond acceptors (Lipinski definition) is 5. The molecule has 4 N–H and O–H groups in total. The Hall–Kier alpha value is -3.88. The largest absolute Gasteiger partial charge is 0.444 e. The summed E-state index contributed by atoms with van der Waals surface area (Å²) < 4.78 is 5.34. The van der Waals surface area contributed by atoms with E-state index in [4.69, 9.17) is 10.5 Å². The monoisotopic (exact) mass is 552 g/mol. The second kappa shape index (κ2) is 14.0. The van der Waals surface area contributed by atoms with Crippen molar-refractivity contribution < 1.29 is 23.9 Å². The van der Waals surface area contributed by atoms with Gasteiger partial charge in [0.25, 0.3) is 5.91 Å². The molecule has 0 fully saturated rings. The van der Waals surface area contributed by atoms with E-state index in [-0.39, 0.29) is 6.54 Å². The second-order valence-electron chi connectivity index (χ2n) is 11.3. The predicted octanol–water partition coefficient (Wildman–Crippen LogP) is 5.00. The van der Waals surface area contributed by atoms with Crippen LogP contribution in [0.1, 0.15) is 80.8 Å². The molecule has 0 spiro atoms. The number of unbranched alkanes of at least 4 members (excludes halogenated alkanes) is 1. The number of carbonyl (C=O) groups excluding carboxylic acids is 4. The number of amides is 4. The number of ether oxygens (including phenoxy) is 1. The Morgan fingerprint density at radius 1 is 0.950 bits per heavy atom. The molecule has 0 aliphatic carbocycles. The minimum Gasteiger partial charge on any atom is -0.444 e. The summed E-state index contributed by atoms with van der Waals surface area (Å²) in [6, 6.07) is 9.00. The van der Waals surface area contributed by atoms with Gasteiger partial charge in [-0.1, -0.05) is 49.7 Å². The molecule has 2 rings (SSSR count). The zero-order valence-corrected chi connectivity index (χ0v) is 25.0. The van der Waals surface area contributed by atoms with Crippen LogP contribution >= 0.6 is 0 Å². The van der Waals surface area contributed by atoms with Crippen molar-refractivity contribution in [2.45, 2.75) is 92.3 Å². The number of rotatable bonds is 11. The molecular weight excluding hydrogens is 508 g/mol. The van der Waals surface area contributed by atoms with Gasteiger partial charge >= 0.3 is 6.09 Å². The molecule has 0 aliphatic heterocycles. The second-order valence-corrected chi connectivity index (χ2v) is 11.3. The topological polar surface area (TPSA) is 131 Å². The molecule has 2 atom stereocenters. The predicted molar refractivity (Wildman–Crippen MR) is 157 cm³/mol. The summed E-state index contributed by atoms with van der Waals surface area (Å²) in [5.41, 5.74) is 9.72. The first kappa shape index (κ1) is 32.3. The highest BCUT2D eigenvalue weighted by Crippen LogP contribution is 2.29. The van der Waals surface area contributed by atoms with Crippen molar-refractivity contribution in [2.75, 3.05) is 11.9 Å². The van der Waals surface area contributed by atoms with Crippen LogP contribution in [-0.4, -0.2) is 46.9 Å². The van der Waals surface area contributed by atoms with Gasteiger partial charge in [0, 0.05) is 12.2 Å². The van der Waals surface area contributed by atoms with Crippen molar-refractivity contribution in [1.29, 1.82) is 0 Å². The normalized spacial score (nSPS) is 12.7. The van der Waals surface area contributed by atoms with Crippen LogP contribution in [0, 0.1) is 27.7 Å². The standard InChI is InChI=1S/C31H44N4O5/c1-9-10-16-35(29(38)24(18-25(32)36)33-30(39)40-31(6,7)8)27(23-15-14-19(2)22(5)17-23)28(37)34-26-20(3)12-11-13-21(26)4/h11-15,17,24,27H,9-10,16,18H2,1-8H3,(H2,32,36)(H,33,39)(H,34,37). The lowest BCUT2D eigenvalue weighted by atomic mass is 9.97. The molecule has 0 heterocycles. The Bertz CT molecular complexity index is 1210. The van der Waals surface area contributed by atoms with Gasteiger partial charge in [-0.05, 0) is 82.7 Å². The number of anilines is 1. The third kappa shape index (κ3) is 9.10. The first-order valence-electron chi connectivity index (χ1n) is 13.7. The third-order valence-electron chi connectivity index (χ3n) is 6.57. The van der Waals surface area contributed by atoms with Gasteiger partial charge in [-0.3, -0.25) is 14.4 Å². The molecular formula is C31H44N4O5. The molecule has 2 aromatic carbocycles. The molecule has 0 bridgehead atoms. The zero-order chi connectivity index (χ0) is 30.2. The fourth-order valence-corrected chi connectivity index (χ4v) is 4.36. The van der Waals surface area contributed by atoms with Crippen LogP contribution in [0.4, 0.5) is 10.5 Å². The van der Waals surface area contributed by atoms with E-state index in [1.165, 1.54) is 4.90 Å². The highest BCUT2D eigenvalue weighted by molar-refractivity contribution is 6.00. The Balaban J connectivity index is 2.61. The number of nitrogens with zero attached hydrogens (tertiary/aromatic N) is 1. The van der Waals surface area contributed by atoms with Crippen LogP contribution < -0.4 is 16.4 Å². The molecule has 0 aliphatic rings.